The van der Waals surface area contributed by atoms with E-state index in [4.69, 9.17) is 0 Å². The summed E-state index contributed by atoms with van der Waals surface area (Å²) in [4.78, 5) is 40.9. The van der Waals surface area contributed by atoms with Gasteiger partial charge in [0.2, 0.25) is 5.78 Å². The summed E-state index contributed by atoms with van der Waals surface area (Å²) in [7, 11) is 0. The van der Waals surface area contributed by atoms with Gasteiger partial charge in [0.1, 0.15) is 22.8 Å². The van der Waals surface area contributed by atoms with Crippen molar-refractivity contribution >= 4 is 23.1 Å². The molecule has 0 bridgehead atoms. The highest BCUT2D eigenvalue weighted by Gasteiger charge is 2.72. The molecular weight excluding hydrogens is 568 g/mol. The van der Waals surface area contributed by atoms with Crippen LogP contribution in [-0.2, 0) is 33.6 Å². The minimum Gasteiger partial charge on any atom is -0.508 e. The third-order valence-electron chi connectivity index (χ3n) is 10.8. The van der Waals surface area contributed by atoms with E-state index >= 15 is 0 Å². The lowest BCUT2D eigenvalue weighted by Crippen LogP contribution is -2.69. The molecule has 0 heterocycles. The number of fused-ring (bicyclic) bond motifs is 3. The molecule has 2 aromatic carbocycles. The normalized spacial score (nSPS) is 28.0. The second-order valence-corrected chi connectivity index (χ2v) is 14.8. The van der Waals surface area contributed by atoms with E-state index in [1.807, 2.05) is 33.8 Å². The van der Waals surface area contributed by atoms with Crippen molar-refractivity contribution in [3.05, 3.63) is 80.6 Å². The standard InChI is InChI=1S/C38H46O7/c1-19(2)25-16-24(11-9-10-23-14-12-21(5)13-15-23)31(40)28-26(25)17-36(7)18-37(8)29(20(3)4)32(41)27(22(6)39)34(43)38(37,45)35(44)30(36)33(28)42/h12-16,19-20,29,40,42-43,45H,9-11,17-18H2,1-8H3/t29?,36-,37-,38+/m1/s1. The number of Topliss-reactive ketones (excluding diaryl/α,β-unsaturated/α-hetero) is 3. The number of hydrogen-bond donors (Lipinski definition) is 4. The molecule has 3 aliphatic carbocycles. The van der Waals surface area contributed by atoms with Crippen LogP contribution in [0.2, 0.25) is 0 Å². The first-order valence-corrected chi connectivity index (χ1v) is 16.0. The smallest absolute Gasteiger partial charge is 0.203 e. The van der Waals surface area contributed by atoms with Crippen molar-refractivity contribution in [2.45, 2.75) is 99.0 Å². The largest absolute Gasteiger partial charge is 0.508 e. The van der Waals surface area contributed by atoms with Crippen molar-refractivity contribution in [2.75, 3.05) is 0 Å². The Kier molecular flexibility index (Phi) is 7.97. The van der Waals surface area contributed by atoms with Crippen molar-refractivity contribution in [1.29, 1.82) is 0 Å². The van der Waals surface area contributed by atoms with Gasteiger partial charge >= 0.3 is 0 Å². The summed E-state index contributed by atoms with van der Waals surface area (Å²) in [6, 6.07) is 10.3. The molecule has 7 heteroatoms. The fraction of sp³-hybridized carbons (Fsp3) is 0.500. The van der Waals surface area contributed by atoms with E-state index in [1.165, 1.54) is 11.1 Å². The second-order valence-electron chi connectivity index (χ2n) is 14.8. The summed E-state index contributed by atoms with van der Waals surface area (Å²) < 4.78 is 0. The number of aromatic hydroxyl groups is 1. The Balaban J connectivity index is 1.68. The molecule has 0 radical (unpaired) electrons. The molecule has 0 aliphatic heterocycles. The zero-order chi connectivity index (χ0) is 33.4. The maximum absolute atomic E-state index is 14.6. The van der Waals surface area contributed by atoms with Crippen LogP contribution in [0.15, 0.2) is 47.2 Å². The molecule has 0 aromatic heterocycles. The zero-order valence-corrected chi connectivity index (χ0v) is 27.7. The second kappa shape index (κ2) is 11.0. The summed E-state index contributed by atoms with van der Waals surface area (Å²) in [6.07, 6.45) is 2.49. The minimum atomic E-state index is -2.61. The van der Waals surface area contributed by atoms with Gasteiger partial charge < -0.3 is 20.4 Å². The van der Waals surface area contributed by atoms with Crippen LogP contribution in [0.5, 0.6) is 5.75 Å². The van der Waals surface area contributed by atoms with E-state index in [-0.39, 0.29) is 41.6 Å². The number of aliphatic hydroxyl groups excluding tert-OH is 2. The van der Waals surface area contributed by atoms with Gasteiger partial charge in [0.05, 0.1) is 5.56 Å². The van der Waals surface area contributed by atoms with Crippen LogP contribution in [0.1, 0.15) is 101 Å². The molecule has 4 atom stereocenters. The van der Waals surface area contributed by atoms with Crippen molar-refractivity contribution in [3.63, 3.8) is 0 Å². The summed E-state index contributed by atoms with van der Waals surface area (Å²) in [5, 5.41) is 47.3. The SMILES string of the molecule is CC(=O)C1=C(O)[C@]2(O)C(=O)C3=C(O)c4c(O)c(CCCc5ccc(C)cc5)cc(C(C)C)c4C[C@]3(C)C[C@]2(C)C(C(C)C)C1=O. The molecule has 45 heavy (non-hydrogen) atoms. The predicted molar refractivity (Wildman–Crippen MR) is 173 cm³/mol. The van der Waals surface area contributed by atoms with Crippen LogP contribution in [0, 0.1) is 29.6 Å². The van der Waals surface area contributed by atoms with Crippen LogP contribution < -0.4 is 0 Å². The maximum atomic E-state index is 14.6. The van der Waals surface area contributed by atoms with Crippen LogP contribution in [0.25, 0.3) is 5.76 Å². The lowest BCUT2D eigenvalue weighted by Gasteiger charge is -2.60. The Morgan fingerprint density at radius 2 is 1.62 bits per heavy atom. The van der Waals surface area contributed by atoms with Crippen molar-refractivity contribution in [2.24, 2.45) is 22.7 Å². The van der Waals surface area contributed by atoms with Gasteiger partial charge in [0.25, 0.3) is 0 Å². The van der Waals surface area contributed by atoms with E-state index in [0.717, 1.165) is 30.9 Å². The first kappa shape index (κ1) is 32.7. The lowest BCUT2D eigenvalue weighted by molar-refractivity contribution is -0.178. The van der Waals surface area contributed by atoms with Gasteiger partial charge in [-0.1, -0.05) is 77.4 Å². The fourth-order valence-corrected chi connectivity index (χ4v) is 8.81. The average Bonchev–Trinajstić information content (AvgIpc) is 2.92. The number of hydrogen-bond acceptors (Lipinski definition) is 7. The van der Waals surface area contributed by atoms with Gasteiger partial charge in [-0.2, -0.15) is 0 Å². The fourth-order valence-electron chi connectivity index (χ4n) is 8.81. The monoisotopic (exact) mass is 614 g/mol. The van der Waals surface area contributed by atoms with Gasteiger partial charge in [-0.25, -0.2) is 0 Å². The van der Waals surface area contributed by atoms with Gasteiger partial charge in [-0.3, -0.25) is 14.4 Å². The van der Waals surface area contributed by atoms with Crippen molar-refractivity contribution in [1.82, 2.24) is 0 Å². The Morgan fingerprint density at radius 3 is 2.18 bits per heavy atom. The molecule has 0 amide bonds. The first-order chi connectivity index (χ1) is 20.9. The molecular formula is C38H46O7. The molecule has 1 fully saturated rings. The van der Waals surface area contributed by atoms with Gasteiger partial charge in [-0.15, -0.1) is 0 Å². The Morgan fingerprint density at radius 1 is 1.00 bits per heavy atom. The molecule has 7 nitrogen and oxygen atoms in total. The van der Waals surface area contributed by atoms with E-state index in [2.05, 4.69) is 24.3 Å². The number of ketones is 3. The molecule has 2 aromatic rings. The van der Waals surface area contributed by atoms with Gasteiger partial charge in [0.15, 0.2) is 17.2 Å². The Hall–Kier alpha value is -3.71. The topological polar surface area (TPSA) is 132 Å². The maximum Gasteiger partial charge on any atom is 0.203 e. The quantitative estimate of drug-likeness (QED) is 0.252. The van der Waals surface area contributed by atoms with E-state index in [0.29, 0.717) is 12.0 Å². The third-order valence-corrected chi connectivity index (χ3v) is 10.8. The van der Waals surface area contributed by atoms with Crippen LogP contribution in [-0.4, -0.2) is 43.4 Å². The van der Waals surface area contributed by atoms with Crippen LogP contribution in [0.4, 0.5) is 0 Å². The number of carbonyl (C=O) groups is 3. The lowest BCUT2D eigenvalue weighted by atomic mass is 9.43. The summed E-state index contributed by atoms with van der Waals surface area (Å²) in [5.74, 6) is -4.97. The molecule has 1 unspecified atom stereocenters. The van der Waals surface area contributed by atoms with Crippen molar-refractivity contribution < 1.29 is 34.8 Å². The molecule has 5 rings (SSSR count). The average molecular weight is 615 g/mol. The molecule has 240 valence electrons. The number of aryl methyl sites for hydroxylation is 3. The zero-order valence-electron chi connectivity index (χ0n) is 27.7. The van der Waals surface area contributed by atoms with Crippen molar-refractivity contribution in [3.8, 4) is 5.75 Å². The number of allylic oxidation sites excluding steroid dienone is 1. The third kappa shape index (κ3) is 4.68. The number of phenolic OH excluding ortho intramolecular Hbond substituents is 1. The molecule has 1 saturated carbocycles. The predicted octanol–water partition coefficient (Wildman–Crippen LogP) is 6.80. The van der Waals surface area contributed by atoms with E-state index in [9.17, 15) is 34.8 Å². The minimum absolute atomic E-state index is 0.0460. The number of rotatable bonds is 7. The van der Waals surface area contributed by atoms with E-state index < -0.39 is 56.8 Å². The Bertz CT molecular complexity index is 1670. The molecule has 4 N–H and O–H groups in total. The summed E-state index contributed by atoms with van der Waals surface area (Å²) in [6.45, 7) is 14.3. The molecule has 0 spiro atoms. The van der Waals surface area contributed by atoms with Crippen LogP contribution >= 0.6 is 0 Å². The molecule has 0 saturated heterocycles. The number of phenols is 1. The first-order valence-electron chi connectivity index (χ1n) is 16.0. The molecule has 3 aliphatic rings. The van der Waals surface area contributed by atoms with E-state index in [1.54, 1.807) is 20.8 Å². The highest BCUT2D eigenvalue weighted by Crippen LogP contribution is 2.65. The van der Waals surface area contributed by atoms with Crippen LogP contribution in [0.3, 0.4) is 0 Å². The Labute approximate surface area is 265 Å². The highest BCUT2D eigenvalue weighted by molar-refractivity contribution is 6.24. The summed E-state index contributed by atoms with van der Waals surface area (Å²) in [5.41, 5.74) is -0.849. The highest BCUT2D eigenvalue weighted by atomic mass is 16.3. The van der Waals surface area contributed by atoms with Gasteiger partial charge in [0, 0.05) is 22.3 Å². The van der Waals surface area contributed by atoms with Gasteiger partial charge in [-0.05, 0) is 80.0 Å². The number of benzene rings is 2. The summed E-state index contributed by atoms with van der Waals surface area (Å²) >= 11 is 0. The number of carbonyl (C=O) groups excluding carboxylic acids is 3. The number of aliphatic hydroxyl groups is 3.